The van der Waals surface area contributed by atoms with Gasteiger partial charge in [-0.1, -0.05) is 13.3 Å². The van der Waals surface area contributed by atoms with Crippen LogP contribution in [0.25, 0.3) is 0 Å². The molecule has 3 nitrogen and oxygen atoms in total. The Morgan fingerprint density at radius 2 is 1.60 bits per heavy atom. The van der Waals surface area contributed by atoms with Crippen LogP contribution >= 0.6 is 17.0 Å². The molecule has 0 heterocycles. The van der Waals surface area contributed by atoms with Crippen molar-refractivity contribution in [2.75, 3.05) is 19.7 Å². The number of hydrogen-bond acceptors (Lipinski definition) is 3. The summed E-state index contributed by atoms with van der Waals surface area (Å²) in [6.07, 6.45) is 2.39. The second kappa shape index (κ2) is 22.8. The first-order valence-electron chi connectivity index (χ1n) is 3.34. The van der Waals surface area contributed by atoms with Gasteiger partial charge in [-0.3, -0.25) is 0 Å². The number of aliphatic hydroxyl groups is 1. The lowest BCUT2D eigenvalue weighted by Gasteiger charge is -1.80. The van der Waals surface area contributed by atoms with Gasteiger partial charge in [-0.2, -0.15) is 0 Å². The number of nitrogens with two attached hydrogens (primary N) is 2. The summed E-state index contributed by atoms with van der Waals surface area (Å²) in [7, 11) is 0. The Morgan fingerprint density at radius 3 is 1.60 bits per heavy atom. The molecule has 0 bridgehead atoms. The van der Waals surface area contributed by atoms with Gasteiger partial charge in [0.25, 0.3) is 0 Å². The van der Waals surface area contributed by atoms with Crippen molar-refractivity contribution in [2.24, 2.45) is 11.5 Å². The maximum Gasteiger partial charge on any atom is 0.0553 e. The number of aliphatic hydroxyl groups excluding tert-OH is 1. The fraction of sp³-hybridized carbons (Fsp3) is 1.00. The van der Waals surface area contributed by atoms with Crippen LogP contribution in [0.3, 0.4) is 0 Å². The Balaban J connectivity index is -0.0000000910. The molecule has 0 aliphatic rings. The van der Waals surface area contributed by atoms with Gasteiger partial charge in [-0.05, 0) is 13.0 Å². The van der Waals surface area contributed by atoms with Gasteiger partial charge in [0.2, 0.25) is 0 Å². The summed E-state index contributed by atoms with van der Waals surface area (Å²) in [5, 5.41) is 7.75. The molecule has 66 valence electrons. The molecule has 5 N–H and O–H groups in total. The third-order valence-electron chi connectivity index (χ3n) is 0.687. The summed E-state index contributed by atoms with van der Waals surface area (Å²) in [5.74, 6) is 0. The van der Waals surface area contributed by atoms with E-state index in [9.17, 15) is 0 Å². The fourth-order valence-corrected chi connectivity index (χ4v) is 0.204. The van der Waals surface area contributed by atoms with Gasteiger partial charge in [0.1, 0.15) is 0 Å². The molecule has 0 fully saturated rings. The predicted octanol–water partition coefficient (Wildman–Crippen LogP) is 0.261. The Kier molecular flexibility index (Phi) is 38.2. The van der Waals surface area contributed by atoms with E-state index in [0.29, 0.717) is 6.54 Å². The lowest BCUT2D eigenvalue weighted by Crippen LogP contribution is -2.02. The molecule has 10 heavy (non-hydrogen) atoms. The molecule has 0 atom stereocenters. The highest BCUT2D eigenvalue weighted by Crippen LogP contribution is 1.77. The molecule has 0 saturated carbocycles. The summed E-state index contributed by atoms with van der Waals surface area (Å²) >= 11 is 0. The molecule has 0 radical (unpaired) electrons. The van der Waals surface area contributed by atoms with Crippen LogP contribution in [0.1, 0.15) is 19.8 Å². The normalized spacial score (nSPS) is 7.20. The van der Waals surface area contributed by atoms with Crippen molar-refractivity contribution in [1.29, 1.82) is 0 Å². The van der Waals surface area contributed by atoms with Crippen LogP contribution in [0.2, 0.25) is 0 Å². The van der Waals surface area contributed by atoms with Gasteiger partial charge < -0.3 is 16.6 Å². The molecule has 0 amide bonds. The summed E-state index contributed by atoms with van der Waals surface area (Å²) in [6.45, 7) is 3.45. The van der Waals surface area contributed by atoms with Crippen LogP contribution in [-0.4, -0.2) is 24.8 Å². The molecular formula is C6H19BrN2O. The zero-order chi connectivity index (χ0) is 7.54. The second-order valence-electron chi connectivity index (χ2n) is 1.65. The average molecular weight is 215 g/mol. The van der Waals surface area contributed by atoms with Crippen molar-refractivity contribution < 1.29 is 5.11 Å². The largest absolute Gasteiger partial charge is 0.395 e. The minimum Gasteiger partial charge on any atom is -0.395 e. The Morgan fingerprint density at radius 1 is 1.20 bits per heavy atom. The molecule has 0 aliphatic carbocycles. The van der Waals surface area contributed by atoms with Gasteiger partial charge in [0.05, 0.1) is 6.61 Å². The monoisotopic (exact) mass is 214 g/mol. The lowest BCUT2D eigenvalue weighted by atomic mass is 10.3. The molecule has 0 spiro atoms. The van der Waals surface area contributed by atoms with E-state index in [1.54, 1.807) is 0 Å². The first kappa shape index (κ1) is 16.8. The summed E-state index contributed by atoms with van der Waals surface area (Å²) in [5.41, 5.74) is 9.92. The van der Waals surface area contributed by atoms with Crippen molar-refractivity contribution in [3.05, 3.63) is 0 Å². The maximum atomic E-state index is 7.75. The molecule has 0 saturated heterocycles. The molecule has 0 unspecified atom stereocenters. The Bertz CT molecular complexity index is 34.9. The summed E-state index contributed by atoms with van der Waals surface area (Å²) in [4.78, 5) is 0. The van der Waals surface area contributed by atoms with Crippen LogP contribution in [-0.2, 0) is 0 Å². The van der Waals surface area contributed by atoms with Gasteiger partial charge in [0, 0.05) is 6.54 Å². The molecule has 4 heteroatoms. The van der Waals surface area contributed by atoms with Gasteiger partial charge >= 0.3 is 0 Å². The molecule has 0 rings (SSSR count). The number of unbranched alkanes of at least 4 members (excludes halogenated alkanes) is 1. The average Bonchev–Trinajstić information content (AvgIpc) is 1.91. The number of halogens is 1. The smallest absolute Gasteiger partial charge is 0.0553 e. The van der Waals surface area contributed by atoms with E-state index >= 15 is 0 Å². The topological polar surface area (TPSA) is 72.3 Å². The zero-order valence-electron chi connectivity index (χ0n) is 6.55. The summed E-state index contributed by atoms with van der Waals surface area (Å²) < 4.78 is 0. The van der Waals surface area contributed by atoms with Crippen LogP contribution in [0.4, 0.5) is 0 Å². The summed E-state index contributed by atoms with van der Waals surface area (Å²) in [6, 6.07) is 0. The van der Waals surface area contributed by atoms with Crippen LogP contribution in [0, 0.1) is 0 Å². The molecule has 0 aliphatic heterocycles. The van der Waals surface area contributed by atoms with E-state index < -0.39 is 0 Å². The van der Waals surface area contributed by atoms with Gasteiger partial charge in [-0.25, -0.2) is 0 Å². The van der Waals surface area contributed by atoms with E-state index in [-0.39, 0.29) is 23.6 Å². The molecule has 0 aromatic carbocycles. The highest BCUT2D eigenvalue weighted by molar-refractivity contribution is 8.93. The lowest BCUT2D eigenvalue weighted by molar-refractivity contribution is 0.306. The van der Waals surface area contributed by atoms with Crippen molar-refractivity contribution >= 4 is 17.0 Å². The van der Waals surface area contributed by atoms with Gasteiger partial charge in [0.15, 0.2) is 0 Å². The Labute approximate surface area is 73.6 Å². The van der Waals surface area contributed by atoms with Crippen molar-refractivity contribution in [3.63, 3.8) is 0 Å². The van der Waals surface area contributed by atoms with Crippen molar-refractivity contribution in [3.8, 4) is 0 Å². The zero-order valence-corrected chi connectivity index (χ0v) is 8.26. The van der Waals surface area contributed by atoms with Crippen LogP contribution in [0.15, 0.2) is 0 Å². The highest BCUT2D eigenvalue weighted by Gasteiger charge is 1.67. The van der Waals surface area contributed by atoms with E-state index in [2.05, 4.69) is 6.92 Å². The molecular weight excluding hydrogens is 196 g/mol. The van der Waals surface area contributed by atoms with Crippen molar-refractivity contribution in [2.45, 2.75) is 19.8 Å². The van der Waals surface area contributed by atoms with E-state index in [1.807, 2.05) is 0 Å². The first-order valence-corrected chi connectivity index (χ1v) is 3.34. The second-order valence-corrected chi connectivity index (χ2v) is 1.65. The molecule has 0 aromatic rings. The minimum atomic E-state index is 0. The third-order valence-corrected chi connectivity index (χ3v) is 0.687. The maximum absolute atomic E-state index is 7.75. The highest BCUT2D eigenvalue weighted by atomic mass is 79.9. The first-order chi connectivity index (χ1) is 4.33. The standard InChI is InChI=1S/C4H11N.C2H7NO.BrH/c1-2-3-4-5;3-1-2-4;/h2-5H2,1H3;4H,1-3H2;1H. The fourth-order valence-electron chi connectivity index (χ4n) is 0.204. The van der Waals surface area contributed by atoms with Gasteiger partial charge in [-0.15, -0.1) is 17.0 Å². The predicted molar refractivity (Wildman–Crippen MR) is 50.4 cm³/mol. The van der Waals surface area contributed by atoms with E-state index in [4.69, 9.17) is 16.6 Å². The SMILES string of the molecule is Br.CCCCN.NCCO. The van der Waals surface area contributed by atoms with E-state index in [1.165, 1.54) is 12.8 Å². The quantitative estimate of drug-likeness (QED) is 0.632. The van der Waals surface area contributed by atoms with Crippen LogP contribution in [0.5, 0.6) is 0 Å². The molecule has 0 aromatic heterocycles. The number of hydrogen-bond donors (Lipinski definition) is 3. The minimum absolute atomic E-state index is 0. The van der Waals surface area contributed by atoms with Crippen molar-refractivity contribution in [1.82, 2.24) is 0 Å². The van der Waals surface area contributed by atoms with E-state index in [0.717, 1.165) is 6.54 Å². The van der Waals surface area contributed by atoms with Crippen LogP contribution < -0.4 is 11.5 Å². The third kappa shape index (κ3) is 40.1. The number of rotatable bonds is 3. The Hall–Kier alpha value is 0.360.